The quantitative estimate of drug-likeness (QED) is 0.535. The van der Waals surface area contributed by atoms with Crippen molar-refractivity contribution in [3.63, 3.8) is 0 Å². The molecule has 0 N–H and O–H groups in total. The maximum atomic E-state index is 12.2. The Labute approximate surface area is 124 Å². The first-order chi connectivity index (χ1) is 10.1. The largest absolute Gasteiger partial charge is 0.463 e. The Morgan fingerprint density at radius 2 is 1.76 bits per heavy atom. The molecule has 0 saturated carbocycles. The van der Waals surface area contributed by atoms with Crippen LogP contribution in [0.4, 0.5) is 0 Å². The van der Waals surface area contributed by atoms with E-state index in [2.05, 4.69) is 0 Å². The highest BCUT2D eigenvalue weighted by Crippen LogP contribution is 2.17. The smallest absolute Gasteiger partial charge is 0.350 e. The normalized spacial score (nSPS) is 10.5. The molecule has 3 rings (SSSR count). The van der Waals surface area contributed by atoms with E-state index in [1.165, 1.54) is 0 Å². The Balaban J connectivity index is 1.96. The van der Waals surface area contributed by atoms with Crippen LogP contribution in [-0.4, -0.2) is 5.97 Å². The molecule has 0 aliphatic carbocycles. The molecule has 0 aliphatic heterocycles. The average Bonchev–Trinajstić information content (AvgIpc) is 2.50. The number of esters is 1. The number of hydrogen-bond acceptors (Lipinski definition) is 4. The van der Waals surface area contributed by atoms with E-state index in [4.69, 9.17) is 20.8 Å². The predicted molar refractivity (Wildman–Crippen MR) is 78.9 cm³/mol. The molecule has 104 valence electrons. The first kappa shape index (κ1) is 13.4. The number of carbonyl (C=O) groups is 1. The minimum atomic E-state index is -0.767. The number of para-hydroxylation sites is 1. The number of benzene rings is 2. The molecule has 0 saturated heterocycles. The van der Waals surface area contributed by atoms with Gasteiger partial charge >= 0.3 is 5.97 Å². The maximum absolute atomic E-state index is 12.2. The molecular weight excluding hydrogens is 292 g/mol. The van der Waals surface area contributed by atoms with Crippen molar-refractivity contribution in [2.75, 3.05) is 0 Å². The van der Waals surface area contributed by atoms with Crippen LogP contribution in [0.15, 0.2) is 64.0 Å². The summed E-state index contributed by atoms with van der Waals surface area (Å²) in [6.07, 6.45) is 1.11. The van der Waals surface area contributed by atoms with E-state index in [1.54, 1.807) is 48.5 Å². The Hall–Kier alpha value is -2.59. The Morgan fingerprint density at radius 3 is 2.52 bits per heavy atom. The zero-order chi connectivity index (χ0) is 14.8. The molecule has 3 aromatic rings. The third kappa shape index (κ3) is 2.66. The van der Waals surface area contributed by atoms with E-state index in [1.807, 2.05) is 0 Å². The van der Waals surface area contributed by atoms with Crippen molar-refractivity contribution in [3.05, 3.63) is 75.6 Å². The van der Waals surface area contributed by atoms with Gasteiger partial charge in [-0.1, -0.05) is 23.7 Å². The molecule has 4 nitrogen and oxygen atoms in total. The second-order valence-corrected chi connectivity index (χ2v) is 4.75. The van der Waals surface area contributed by atoms with Crippen molar-refractivity contribution in [3.8, 4) is 5.75 Å². The van der Waals surface area contributed by atoms with Crippen LogP contribution in [0.3, 0.4) is 0 Å². The minimum absolute atomic E-state index is 0.149. The van der Waals surface area contributed by atoms with E-state index in [0.717, 1.165) is 6.26 Å². The first-order valence-corrected chi connectivity index (χ1v) is 6.51. The van der Waals surface area contributed by atoms with Gasteiger partial charge in [0.1, 0.15) is 23.2 Å². The average molecular weight is 301 g/mol. The Kier molecular flexibility index (Phi) is 3.46. The summed E-state index contributed by atoms with van der Waals surface area (Å²) in [6.45, 7) is 0. The molecular formula is C16H9ClO4. The number of rotatable bonds is 2. The van der Waals surface area contributed by atoms with Gasteiger partial charge in [0.05, 0.1) is 5.39 Å². The second-order valence-electron chi connectivity index (χ2n) is 4.32. The summed E-state index contributed by atoms with van der Waals surface area (Å²) in [6, 6.07) is 13.0. The molecule has 0 amide bonds. The van der Waals surface area contributed by atoms with Crippen molar-refractivity contribution < 1.29 is 13.9 Å². The molecule has 2 aromatic carbocycles. The van der Waals surface area contributed by atoms with E-state index in [9.17, 15) is 9.59 Å². The van der Waals surface area contributed by atoms with Crippen LogP contribution in [0.25, 0.3) is 11.0 Å². The molecule has 0 atom stereocenters. The van der Waals surface area contributed by atoms with Gasteiger partial charge in [0.15, 0.2) is 0 Å². The van der Waals surface area contributed by atoms with Crippen LogP contribution in [0.5, 0.6) is 5.75 Å². The predicted octanol–water partition coefficient (Wildman–Crippen LogP) is 3.67. The van der Waals surface area contributed by atoms with Crippen molar-refractivity contribution in [2.45, 2.75) is 0 Å². The summed E-state index contributed by atoms with van der Waals surface area (Å²) in [5.74, 6) is -0.464. The molecule has 0 fully saturated rings. The first-order valence-electron chi connectivity index (χ1n) is 6.13. The molecule has 0 unspecified atom stereocenters. The van der Waals surface area contributed by atoms with Gasteiger partial charge < -0.3 is 9.15 Å². The second kappa shape index (κ2) is 5.42. The summed E-state index contributed by atoms with van der Waals surface area (Å²) in [5, 5.41) is 0.864. The molecule has 1 aromatic heterocycles. The van der Waals surface area contributed by atoms with E-state index >= 15 is 0 Å². The number of halogens is 1. The van der Waals surface area contributed by atoms with Crippen LogP contribution in [0, 0.1) is 0 Å². The third-order valence-corrected chi connectivity index (χ3v) is 3.18. The maximum Gasteiger partial charge on any atom is 0.350 e. The summed E-state index contributed by atoms with van der Waals surface area (Å²) < 4.78 is 10.4. The van der Waals surface area contributed by atoms with Crippen LogP contribution in [0.2, 0.25) is 5.02 Å². The molecule has 0 radical (unpaired) electrons. The fourth-order valence-corrected chi connectivity index (χ4v) is 2.01. The fourth-order valence-electron chi connectivity index (χ4n) is 1.88. The van der Waals surface area contributed by atoms with Crippen molar-refractivity contribution >= 4 is 28.5 Å². The van der Waals surface area contributed by atoms with Gasteiger partial charge in [-0.2, -0.15) is 0 Å². The Morgan fingerprint density at radius 1 is 1.05 bits per heavy atom. The van der Waals surface area contributed by atoms with E-state index in [-0.39, 0.29) is 5.56 Å². The topological polar surface area (TPSA) is 56.5 Å². The van der Waals surface area contributed by atoms with Gasteiger partial charge in [0.2, 0.25) is 5.43 Å². The van der Waals surface area contributed by atoms with Crippen LogP contribution >= 0.6 is 11.6 Å². The summed E-state index contributed by atoms with van der Waals surface area (Å²) in [5.41, 5.74) is -0.148. The van der Waals surface area contributed by atoms with Crippen molar-refractivity contribution in [2.24, 2.45) is 0 Å². The highest BCUT2D eigenvalue weighted by Gasteiger charge is 2.16. The summed E-state index contributed by atoms with van der Waals surface area (Å²) in [7, 11) is 0. The summed E-state index contributed by atoms with van der Waals surface area (Å²) >= 11 is 5.75. The minimum Gasteiger partial charge on any atom is -0.463 e. The lowest BCUT2D eigenvalue weighted by molar-refractivity contribution is 0.0731. The number of fused-ring (bicyclic) bond motifs is 1. The van der Waals surface area contributed by atoms with Gasteiger partial charge in [0, 0.05) is 5.02 Å². The van der Waals surface area contributed by atoms with E-state index < -0.39 is 11.4 Å². The number of carbonyl (C=O) groups excluding carboxylic acids is 1. The standard InChI is InChI=1S/C16H9ClO4/c17-10-5-7-11(8-6-10)21-16(19)13-9-20-14-4-2-1-3-12(14)15(13)18/h1-9H. The molecule has 0 spiro atoms. The van der Waals surface area contributed by atoms with Gasteiger partial charge in [-0.3, -0.25) is 4.79 Å². The van der Waals surface area contributed by atoms with Crippen molar-refractivity contribution in [1.82, 2.24) is 0 Å². The zero-order valence-corrected chi connectivity index (χ0v) is 11.5. The lowest BCUT2D eigenvalue weighted by Gasteiger charge is -2.04. The van der Waals surface area contributed by atoms with Crippen LogP contribution in [0.1, 0.15) is 10.4 Å². The molecule has 21 heavy (non-hydrogen) atoms. The lowest BCUT2D eigenvalue weighted by atomic mass is 10.2. The van der Waals surface area contributed by atoms with Gasteiger partial charge in [-0.25, -0.2) is 4.79 Å². The highest BCUT2D eigenvalue weighted by molar-refractivity contribution is 6.30. The lowest BCUT2D eigenvalue weighted by Crippen LogP contribution is -2.19. The molecule has 5 heteroatoms. The molecule has 1 heterocycles. The molecule has 0 bridgehead atoms. The monoisotopic (exact) mass is 300 g/mol. The van der Waals surface area contributed by atoms with Gasteiger partial charge in [-0.05, 0) is 36.4 Å². The fraction of sp³-hybridized carbons (Fsp3) is 0. The highest BCUT2D eigenvalue weighted by atomic mass is 35.5. The van der Waals surface area contributed by atoms with Crippen molar-refractivity contribution in [1.29, 1.82) is 0 Å². The van der Waals surface area contributed by atoms with E-state index in [0.29, 0.717) is 21.7 Å². The number of hydrogen-bond donors (Lipinski definition) is 0. The number of ether oxygens (including phenoxy) is 1. The zero-order valence-electron chi connectivity index (χ0n) is 10.7. The molecule has 0 aliphatic rings. The van der Waals surface area contributed by atoms with Crippen LogP contribution < -0.4 is 10.2 Å². The SMILES string of the molecule is O=C(Oc1ccc(Cl)cc1)c1coc2ccccc2c1=O. The van der Waals surface area contributed by atoms with Crippen LogP contribution in [-0.2, 0) is 0 Å². The van der Waals surface area contributed by atoms with Gasteiger partial charge in [0.25, 0.3) is 0 Å². The third-order valence-electron chi connectivity index (χ3n) is 2.92. The van der Waals surface area contributed by atoms with Gasteiger partial charge in [-0.15, -0.1) is 0 Å². The Bertz CT molecular complexity index is 865. The summed E-state index contributed by atoms with van der Waals surface area (Å²) in [4.78, 5) is 24.3.